The van der Waals surface area contributed by atoms with Crippen molar-refractivity contribution in [3.63, 3.8) is 0 Å². The van der Waals surface area contributed by atoms with Crippen molar-refractivity contribution >= 4 is 23.4 Å². The summed E-state index contributed by atoms with van der Waals surface area (Å²) in [6, 6.07) is 5.95. The molecule has 3 nitrogen and oxygen atoms in total. The van der Waals surface area contributed by atoms with Crippen LogP contribution in [0.3, 0.4) is 0 Å². The summed E-state index contributed by atoms with van der Waals surface area (Å²) >= 11 is 5.61. The molecule has 1 aromatic carbocycles. The molecule has 0 aliphatic carbocycles. The number of carboxylic acids is 1. The Morgan fingerprint density at radius 3 is 2.14 bits per heavy atom. The van der Waals surface area contributed by atoms with Gasteiger partial charge in [-0.05, 0) is 24.3 Å². The summed E-state index contributed by atoms with van der Waals surface area (Å²) in [6.07, 6.45) is 0. The molecule has 0 aliphatic rings. The van der Waals surface area contributed by atoms with Gasteiger partial charge in [0.05, 0.1) is 0 Å². The van der Waals surface area contributed by atoms with Crippen LogP contribution in [0, 0.1) is 0 Å². The van der Waals surface area contributed by atoms with E-state index in [2.05, 4.69) is 6.58 Å². The SMILES string of the molecule is C=C(C(=O)O)C(=O)c1ccc(Cl)cc1. The van der Waals surface area contributed by atoms with Gasteiger partial charge in [-0.25, -0.2) is 4.79 Å². The van der Waals surface area contributed by atoms with Gasteiger partial charge in [-0.15, -0.1) is 0 Å². The number of benzene rings is 1. The van der Waals surface area contributed by atoms with E-state index in [9.17, 15) is 9.59 Å². The maximum absolute atomic E-state index is 11.4. The van der Waals surface area contributed by atoms with Crippen molar-refractivity contribution in [2.24, 2.45) is 0 Å². The summed E-state index contributed by atoms with van der Waals surface area (Å²) in [5, 5.41) is 9.01. The zero-order valence-electron chi connectivity index (χ0n) is 7.16. The third-order valence-corrected chi connectivity index (χ3v) is 1.89. The molecular weight excluding hydrogens is 204 g/mol. The average molecular weight is 211 g/mol. The minimum Gasteiger partial charge on any atom is -0.478 e. The number of hydrogen-bond donors (Lipinski definition) is 1. The molecule has 0 aliphatic heterocycles. The Morgan fingerprint density at radius 1 is 1.21 bits per heavy atom. The van der Waals surface area contributed by atoms with Gasteiger partial charge in [-0.3, -0.25) is 4.79 Å². The number of carbonyl (C=O) groups is 2. The molecule has 0 aromatic heterocycles. The highest BCUT2D eigenvalue weighted by molar-refractivity contribution is 6.31. The first-order valence-corrected chi connectivity index (χ1v) is 4.12. The molecule has 0 fully saturated rings. The summed E-state index contributed by atoms with van der Waals surface area (Å²) in [5.41, 5.74) is -0.186. The molecule has 72 valence electrons. The van der Waals surface area contributed by atoms with Crippen LogP contribution in [-0.4, -0.2) is 16.9 Å². The molecule has 4 heteroatoms. The van der Waals surface area contributed by atoms with E-state index in [1.807, 2.05) is 0 Å². The lowest BCUT2D eigenvalue weighted by molar-refractivity contribution is -0.132. The molecule has 0 saturated carbocycles. The molecule has 0 saturated heterocycles. The predicted octanol–water partition coefficient (Wildman–Crippen LogP) is 2.16. The highest BCUT2D eigenvalue weighted by Gasteiger charge is 2.15. The topological polar surface area (TPSA) is 54.4 Å². The molecule has 14 heavy (non-hydrogen) atoms. The number of halogens is 1. The van der Waals surface area contributed by atoms with Gasteiger partial charge in [-0.2, -0.15) is 0 Å². The second-order valence-electron chi connectivity index (χ2n) is 2.62. The van der Waals surface area contributed by atoms with Crippen LogP contribution in [0.5, 0.6) is 0 Å². The van der Waals surface area contributed by atoms with Gasteiger partial charge in [0.1, 0.15) is 5.57 Å². The maximum Gasteiger partial charge on any atom is 0.339 e. The van der Waals surface area contributed by atoms with Crippen LogP contribution in [0.1, 0.15) is 10.4 Å². The van der Waals surface area contributed by atoms with Crippen molar-refractivity contribution in [3.8, 4) is 0 Å². The molecule has 1 rings (SSSR count). The zero-order valence-corrected chi connectivity index (χ0v) is 7.91. The molecule has 0 atom stereocenters. The second kappa shape index (κ2) is 4.07. The predicted molar refractivity (Wildman–Crippen MR) is 52.6 cm³/mol. The number of carboxylic acid groups (broad SMARTS) is 1. The minimum atomic E-state index is -1.31. The number of aliphatic carboxylic acids is 1. The molecular formula is C10H7ClO3. The number of rotatable bonds is 3. The van der Waals surface area contributed by atoms with E-state index < -0.39 is 17.3 Å². The molecule has 0 heterocycles. The van der Waals surface area contributed by atoms with E-state index >= 15 is 0 Å². The van der Waals surface area contributed by atoms with Crippen LogP contribution in [0.25, 0.3) is 0 Å². The molecule has 1 N–H and O–H groups in total. The van der Waals surface area contributed by atoms with Crippen molar-refractivity contribution in [1.29, 1.82) is 0 Å². The standard InChI is InChI=1S/C10H7ClO3/c1-6(10(13)14)9(12)7-2-4-8(11)5-3-7/h2-5H,1H2,(H,13,14). The normalized spacial score (nSPS) is 9.50. The Morgan fingerprint density at radius 2 is 1.71 bits per heavy atom. The van der Waals surface area contributed by atoms with E-state index in [0.717, 1.165) is 0 Å². The fourth-order valence-corrected chi connectivity index (χ4v) is 0.999. The van der Waals surface area contributed by atoms with Gasteiger partial charge >= 0.3 is 5.97 Å². The zero-order chi connectivity index (χ0) is 10.7. The summed E-state index contributed by atoms with van der Waals surface area (Å²) in [4.78, 5) is 21.8. The third kappa shape index (κ3) is 2.20. The quantitative estimate of drug-likeness (QED) is 0.360. The first-order chi connectivity index (χ1) is 6.52. The van der Waals surface area contributed by atoms with Crippen molar-refractivity contribution in [3.05, 3.63) is 47.0 Å². The van der Waals surface area contributed by atoms with Gasteiger partial charge in [0.25, 0.3) is 0 Å². The lowest BCUT2D eigenvalue weighted by Crippen LogP contribution is -2.10. The van der Waals surface area contributed by atoms with Crippen molar-refractivity contribution in [2.75, 3.05) is 0 Å². The minimum absolute atomic E-state index is 0.266. The summed E-state index contributed by atoms with van der Waals surface area (Å²) in [5.74, 6) is -1.92. The van der Waals surface area contributed by atoms with Gasteiger partial charge < -0.3 is 5.11 Å². The Bertz CT molecular complexity index is 392. The van der Waals surface area contributed by atoms with E-state index in [1.54, 1.807) is 0 Å². The molecule has 1 aromatic rings. The van der Waals surface area contributed by atoms with E-state index in [0.29, 0.717) is 5.02 Å². The number of Topliss-reactive ketones (excluding diaryl/α,β-unsaturated/α-hetero) is 1. The van der Waals surface area contributed by atoms with Gasteiger partial charge in [-0.1, -0.05) is 18.2 Å². The Balaban J connectivity index is 2.96. The summed E-state index contributed by atoms with van der Waals surface area (Å²) < 4.78 is 0. The van der Waals surface area contributed by atoms with E-state index in [-0.39, 0.29) is 5.56 Å². The van der Waals surface area contributed by atoms with Crippen molar-refractivity contribution in [1.82, 2.24) is 0 Å². The monoisotopic (exact) mass is 210 g/mol. The lowest BCUT2D eigenvalue weighted by Gasteiger charge is -1.99. The number of hydrogen-bond acceptors (Lipinski definition) is 2. The van der Waals surface area contributed by atoms with E-state index in [4.69, 9.17) is 16.7 Å². The lowest BCUT2D eigenvalue weighted by atomic mass is 10.1. The number of ketones is 1. The highest BCUT2D eigenvalue weighted by Crippen LogP contribution is 2.12. The molecule has 0 spiro atoms. The van der Waals surface area contributed by atoms with Crippen LogP contribution in [-0.2, 0) is 4.79 Å². The fourth-order valence-electron chi connectivity index (χ4n) is 0.873. The number of carbonyl (C=O) groups excluding carboxylic acids is 1. The highest BCUT2D eigenvalue weighted by atomic mass is 35.5. The smallest absolute Gasteiger partial charge is 0.339 e. The average Bonchev–Trinajstić information content (AvgIpc) is 2.16. The fraction of sp³-hybridized carbons (Fsp3) is 0. The first kappa shape index (κ1) is 10.5. The first-order valence-electron chi connectivity index (χ1n) is 3.75. The maximum atomic E-state index is 11.4. The molecule has 0 radical (unpaired) electrons. The van der Waals surface area contributed by atoms with Gasteiger partial charge in [0, 0.05) is 10.6 Å². The largest absolute Gasteiger partial charge is 0.478 e. The van der Waals surface area contributed by atoms with Crippen LogP contribution < -0.4 is 0 Å². The third-order valence-electron chi connectivity index (χ3n) is 1.64. The molecule has 0 amide bonds. The van der Waals surface area contributed by atoms with Crippen molar-refractivity contribution < 1.29 is 14.7 Å². The van der Waals surface area contributed by atoms with Crippen LogP contribution in [0.2, 0.25) is 5.02 Å². The van der Waals surface area contributed by atoms with Gasteiger partial charge in [0.2, 0.25) is 0 Å². The molecule has 0 unspecified atom stereocenters. The Kier molecular flexibility index (Phi) is 3.04. The molecule has 0 bridgehead atoms. The summed E-state index contributed by atoms with van der Waals surface area (Å²) in [6.45, 7) is 3.17. The van der Waals surface area contributed by atoms with Crippen molar-refractivity contribution in [2.45, 2.75) is 0 Å². The summed E-state index contributed by atoms with van der Waals surface area (Å²) in [7, 11) is 0. The Labute approximate surface area is 85.6 Å². The van der Waals surface area contributed by atoms with E-state index in [1.165, 1.54) is 24.3 Å². The second-order valence-corrected chi connectivity index (χ2v) is 3.06. The van der Waals surface area contributed by atoms with Crippen LogP contribution >= 0.6 is 11.6 Å². The van der Waals surface area contributed by atoms with Gasteiger partial charge in [0.15, 0.2) is 5.78 Å². The van der Waals surface area contributed by atoms with Crippen LogP contribution in [0.4, 0.5) is 0 Å². The van der Waals surface area contributed by atoms with Crippen LogP contribution in [0.15, 0.2) is 36.4 Å². The Hall–Kier alpha value is -1.61.